The average molecular weight is 385 g/mol. The van der Waals surface area contributed by atoms with Gasteiger partial charge in [-0.3, -0.25) is 9.36 Å². The maximum Gasteiger partial charge on any atom is 0.233 e. The van der Waals surface area contributed by atoms with Crippen LogP contribution < -0.4 is 4.74 Å². The van der Waals surface area contributed by atoms with E-state index in [-0.39, 0.29) is 17.5 Å². The molecule has 3 aromatic rings. The molecule has 2 aromatic carbocycles. The molecule has 0 unspecified atom stereocenters. The van der Waals surface area contributed by atoms with E-state index in [1.54, 1.807) is 48.2 Å². The van der Waals surface area contributed by atoms with Crippen molar-refractivity contribution < 1.29 is 13.9 Å². The van der Waals surface area contributed by atoms with Crippen LogP contribution in [-0.2, 0) is 11.3 Å². The molecule has 3 rings (SSSR count). The van der Waals surface area contributed by atoms with Gasteiger partial charge in [0.05, 0.1) is 18.6 Å². The SMILES string of the molecule is COc1cccc(CN(C)C(=O)CSc2nccn2-c2cccc(F)c2)c1. The second-order valence-electron chi connectivity index (χ2n) is 5.95. The summed E-state index contributed by atoms with van der Waals surface area (Å²) in [4.78, 5) is 18.4. The fourth-order valence-electron chi connectivity index (χ4n) is 2.59. The lowest BCUT2D eigenvalue weighted by Crippen LogP contribution is -2.27. The van der Waals surface area contributed by atoms with Crippen LogP contribution in [0, 0.1) is 5.82 Å². The predicted octanol–water partition coefficient (Wildman–Crippen LogP) is 3.77. The zero-order valence-corrected chi connectivity index (χ0v) is 15.9. The maximum absolute atomic E-state index is 13.5. The molecule has 0 spiro atoms. The largest absolute Gasteiger partial charge is 0.497 e. The van der Waals surface area contributed by atoms with Gasteiger partial charge in [0.1, 0.15) is 11.6 Å². The molecule has 0 saturated carbocycles. The Morgan fingerprint density at radius 3 is 2.85 bits per heavy atom. The quantitative estimate of drug-likeness (QED) is 0.581. The number of carbonyl (C=O) groups is 1. The van der Waals surface area contributed by atoms with Crippen LogP contribution in [0.1, 0.15) is 5.56 Å². The monoisotopic (exact) mass is 385 g/mol. The summed E-state index contributed by atoms with van der Waals surface area (Å²) in [5.74, 6) is 0.676. The minimum Gasteiger partial charge on any atom is -0.497 e. The number of methoxy groups -OCH3 is 1. The van der Waals surface area contributed by atoms with Gasteiger partial charge < -0.3 is 9.64 Å². The number of ether oxygens (including phenoxy) is 1. The van der Waals surface area contributed by atoms with Crippen molar-refractivity contribution in [3.8, 4) is 11.4 Å². The molecule has 7 heteroatoms. The number of thioether (sulfide) groups is 1. The fraction of sp³-hybridized carbons (Fsp3) is 0.200. The minimum atomic E-state index is -0.314. The molecule has 0 bridgehead atoms. The summed E-state index contributed by atoms with van der Waals surface area (Å²) in [5, 5.41) is 0.642. The molecule has 0 aliphatic rings. The molecular weight excluding hydrogens is 365 g/mol. The first kappa shape index (κ1) is 19.0. The molecule has 0 fully saturated rings. The van der Waals surface area contributed by atoms with Crippen LogP contribution in [0.2, 0.25) is 0 Å². The number of aromatic nitrogens is 2. The van der Waals surface area contributed by atoms with Crippen molar-refractivity contribution in [1.82, 2.24) is 14.5 Å². The van der Waals surface area contributed by atoms with Crippen molar-refractivity contribution >= 4 is 17.7 Å². The molecule has 5 nitrogen and oxygen atoms in total. The van der Waals surface area contributed by atoms with Gasteiger partial charge in [0, 0.05) is 26.0 Å². The molecule has 1 amide bonds. The lowest BCUT2D eigenvalue weighted by molar-refractivity contribution is -0.127. The van der Waals surface area contributed by atoms with E-state index in [4.69, 9.17) is 4.74 Å². The number of imidazole rings is 1. The zero-order chi connectivity index (χ0) is 19.2. The van der Waals surface area contributed by atoms with Crippen molar-refractivity contribution in [3.63, 3.8) is 0 Å². The van der Waals surface area contributed by atoms with Crippen LogP contribution >= 0.6 is 11.8 Å². The van der Waals surface area contributed by atoms with E-state index < -0.39 is 0 Å². The van der Waals surface area contributed by atoms with Gasteiger partial charge in [-0.25, -0.2) is 9.37 Å². The number of amides is 1. The summed E-state index contributed by atoms with van der Waals surface area (Å²) in [6.07, 6.45) is 3.39. The Morgan fingerprint density at radius 2 is 2.07 bits per heavy atom. The van der Waals surface area contributed by atoms with Crippen LogP contribution in [0.25, 0.3) is 5.69 Å². The molecule has 27 heavy (non-hydrogen) atoms. The zero-order valence-electron chi connectivity index (χ0n) is 15.1. The van der Waals surface area contributed by atoms with E-state index in [9.17, 15) is 9.18 Å². The van der Waals surface area contributed by atoms with Crippen LogP contribution in [-0.4, -0.2) is 40.3 Å². The van der Waals surface area contributed by atoms with Crippen molar-refractivity contribution in [2.24, 2.45) is 0 Å². The van der Waals surface area contributed by atoms with Gasteiger partial charge in [0.2, 0.25) is 5.91 Å². The number of halogens is 1. The first-order valence-corrected chi connectivity index (χ1v) is 9.34. The molecule has 0 aliphatic heterocycles. The highest BCUT2D eigenvalue weighted by atomic mass is 32.2. The summed E-state index contributed by atoms with van der Waals surface area (Å²) >= 11 is 1.32. The lowest BCUT2D eigenvalue weighted by Gasteiger charge is -2.17. The van der Waals surface area contributed by atoms with Crippen molar-refractivity contribution in [3.05, 3.63) is 72.3 Å². The third-order valence-corrected chi connectivity index (χ3v) is 4.95. The number of carbonyl (C=O) groups excluding carboxylic acids is 1. The van der Waals surface area contributed by atoms with Gasteiger partial charge in [-0.15, -0.1) is 0 Å². The number of rotatable bonds is 7. The number of benzene rings is 2. The fourth-order valence-corrected chi connectivity index (χ4v) is 3.50. The second-order valence-corrected chi connectivity index (χ2v) is 6.89. The number of hydrogen-bond donors (Lipinski definition) is 0. The molecule has 140 valence electrons. The molecular formula is C20H20FN3O2S. The minimum absolute atomic E-state index is 0.0170. The Labute approximate surface area is 161 Å². The van der Waals surface area contributed by atoms with Crippen molar-refractivity contribution in [2.75, 3.05) is 19.9 Å². The molecule has 0 saturated heterocycles. The standard InChI is InChI=1S/C20H20FN3O2S/c1-23(13-15-5-3-8-18(11-15)26-2)19(25)14-27-20-22-9-10-24(20)17-7-4-6-16(21)12-17/h3-12H,13-14H2,1-2H3. The first-order chi connectivity index (χ1) is 13.1. The topological polar surface area (TPSA) is 47.4 Å². The van der Waals surface area contributed by atoms with Crippen molar-refractivity contribution in [1.29, 1.82) is 0 Å². The van der Waals surface area contributed by atoms with Gasteiger partial charge in [-0.1, -0.05) is 30.0 Å². The van der Waals surface area contributed by atoms with Gasteiger partial charge >= 0.3 is 0 Å². The lowest BCUT2D eigenvalue weighted by atomic mass is 10.2. The Morgan fingerprint density at radius 1 is 1.26 bits per heavy atom. The van der Waals surface area contributed by atoms with Gasteiger partial charge in [0.15, 0.2) is 5.16 Å². The highest BCUT2D eigenvalue weighted by Gasteiger charge is 2.13. The van der Waals surface area contributed by atoms with Crippen LogP contribution in [0.3, 0.4) is 0 Å². The van der Waals surface area contributed by atoms with E-state index in [2.05, 4.69) is 4.98 Å². The summed E-state index contributed by atoms with van der Waals surface area (Å²) in [6, 6.07) is 13.9. The molecule has 1 heterocycles. The van der Waals surface area contributed by atoms with Crippen LogP contribution in [0.15, 0.2) is 66.1 Å². The van der Waals surface area contributed by atoms with E-state index >= 15 is 0 Å². The van der Waals surface area contributed by atoms with E-state index in [0.717, 1.165) is 11.3 Å². The predicted molar refractivity (Wildman–Crippen MR) is 104 cm³/mol. The van der Waals surface area contributed by atoms with Gasteiger partial charge in [0.25, 0.3) is 0 Å². The summed E-state index contributed by atoms with van der Waals surface area (Å²) in [7, 11) is 3.38. The average Bonchev–Trinajstić information content (AvgIpc) is 3.15. The smallest absolute Gasteiger partial charge is 0.233 e. The van der Waals surface area contributed by atoms with Crippen molar-refractivity contribution in [2.45, 2.75) is 11.7 Å². The molecule has 0 aliphatic carbocycles. The third kappa shape index (κ3) is 4.89. The number of hydrogen-bond acceptors (Lipinski definition) is 4. The molecule has 0 N–H and O–H groups in total. The summed E-state index contributed by atoms with van der Waals surface area (Å²) < 4.78 is 20.4. The molecule has 0 atom stereocenters. The Balaban J connectivity index is 1.61. The van der Waals surface area contributed by atoms with Gasteiger partial charge in [-0.05, 0) is 35.9 Å². The highest BCUT2D eigenvalue weighted by molar-refractivity contribution is 7.99. The molecule has 0 radical (unpaired) electrons. The van der Waals surface area contributed by atoms with Crippen LogP contribution in [0.4, 0.5) is 4.39 Å². The normalized spacial score (nSPS) is 10.6. The van der Waals surface area contributed by atoms with E-state index in [0.29, 0.717) is 17.4 Å². The molecule has 1 aromatic heterocycles. The highest BCUT2D eigenvalue weighted by Crippen LogP contribution is 2.21. The summed E-state index contributed by atoms with van der Waals surface area (Å²) in [5.41, 5.74) is 1.67. The first-order valence-electron chi connectivity index (χ1n) is 8.36. The third-order valence-electron chi connectivity index (χ3n) is 4.00. The van der Waals surface area contributed by atoms with Crippen LogP contribution in [0.5, 0.6) is 5.75 Å². The Hall–Kier alpha value is -2.80. The van der Waals surface area contributed by atoms with E-state index in [1.807, 2.05) is 24.3 Å². The second kappa shape index (κ2) is 8.73. The Kier molecular flexibility index (Phi) is 6.13. The van der Waals surface area contributed by atoms with E-state index in [1.165, 1.54) is 23.9 Å². The maximum atomic E-state index is 13.5. The Bertz CT molecular complexity index is 929. The number of nitrogens with zero attached hydrogens (tertiary/aromatic N) is 3. The van der Waals surface area contributed by atoms with Gasteiger partial charge in [-0.2, -0.15) is 0 Å². The summed E-state index contributed by atoms with van der Waals surface area (Å²) in [6.45, 7) is 0.495.